The van der Waals surface area contributed by atoms with E-state index < -0.39 is 11.6 Å². The average molecular weight is 333 g/mol. The quantitative estimate of drug-likeness (QED) is 0.840. The molecule has 2 rings (SSSR count). The number of amides is 1. The summed E-state index contributed by atoms with van der Waals surface area (Å²) >= 11 is 3.02. The van der Waals surface area contributed by atoms with Gasteiger partial charge in [-0.3, -0.25) is 9.69 Å². The molecule has 1 fully saturated rings. The van der Waals surface area contributed by atoms with E-state index in [1.807, 2.05) is 0 Å². The molecule has 1 aliphatic rings. The summed E-state index contributed by atoms with van der Waals surface area (Å²) in [5, 5.41) is 2.83. The zero-order valence-corrected chi connectivity index (χ0v) is 12.1. The summed E-state index contributed by atoms with van der Waals surface area (Å²) < 4.78 is 27.5. The lowest BCUT2D eigenvalue weighted by molar-refractivity contribution is -0.122. The number of carbonyl (C=O) groups excluding carboxylic acids is 1. The van der Waals surface area contributed by atoms with Crippen molar-refractivity contribution in [3.8, 4) is 0 Å². The lowest BCUT2D eigenvalue weighted by Crippen LogP contribution is -2.36. The van der Waals surface area contributed by atoms with E-state index in [2.05, 4.69) is 21.2 Å². The van der Waals surface area contributed by atoms with Crippen LogP contribution >= 0.6 is 15.9 Å². The highest BCUT2D eigenvalue weighted by Crippen LogP contribution is 2.22. The number of nitrogens with zero attached hydrogens (tertiary/aromatic N) is 1. The number of carbonyl (C=O) groups is 1. The van der Waals surface area contributed by atoms with Crippen LogP contribution < -0.4 is 5.32 Å². The van der Waals surface area contributed by atoms with Crippen LogP contribution in [0.5, 0.6) is 0 Å². The third-order valence-corrected chi connectivity index (χ3v) is 3.54. The van der Waals surface area contributed by atoms with Crippen molar-refractivity contribution in [1.29, 1.82) is 0 Å². The number of likely N-dealkylation sites (N-methyl/N-ethyl adjacent to an activating group) is 1. The second kappa shape index (κ2) is 5.96. The fraction of sp³-hybridized carbons (Fsp3) is 0.462. The van der Waals surface area contributed by atoms with Gasteiger partial charge in [-0.1, -0.05) is 0 Å². The molecule has 19 heavy (non-hydrogen) atoms. The van der Waals surface area contributed by atoms with Crippen molar-refractivity contribution in [2.45, 2.75) is 25.4 Å². The van der Waals surface area contributed by atoms with Crippen LogP contribution in [-0.4, -0.2) is 30.4 Å². The maximum absolute atomic E-state index is 13.8. The first kappa shape index (κ1) is 14.4. The molecule has 104 valence electrons. The van der Waals surface area contributed by atoms with Crippen molar-refractivity contribution < 1.29 is 13.6 Å². The van der Waals surface area contributed by atoms with E-state index in [0.717, 1.165) is 12.8 Å². The Morgan fingerprint density at radius 1 is 1.47 bits per heavy atom. The Labute approximate surface area is 119 Å². The van der Waals surface area contributed by atoms with Crippen LogP contribution in [0.1, 0.15) is 18.4 Å². The third kappa shape index (κ3) is 3.98. The molecule has 1 amide bonds. The highest BCUT2D eigenvalue weighted by atomic mass is 79.9. The van der Waals surface area contributed by atoms with Crippen molar-refractivity contribution >= 4 is 21.8 Å². The van der Waals surface area contributed by atoms with Crippen molar-refractivity contribution in [3.05, 3.63) is 33.8 Å². The van der Waals surface area contributed by atoms with Gasteiger partial charge in [0.2, 0.25) is 5.91 Å². The topological polar surface area (TPSA) is 32.3 Å². The van der Waals surface area contributed by atoms with Gasteiger partial charge >= 0.3 is 0 Å². The lowest BCUT2D eigenvalue weighted by atomic mass is 10.2. The van der Waals surface area contributed by atoms with Crippen LogP contribution in [0.3, 0.4) is 0 Å². The minimum atomic E-state index is -0.616. The number of hydrogen-bond donors (Lipinski definition) is 1. The van der Waals surface area contributed by atoms with Gasteiger partial charge in [-0.25, -0.2) is 8.78 Å². The van der Waals surface area contributed by atoms with Gasteiger partial charge in [0.15, 0.2) is 0 Å². The minimum absolute atomic E-state index is 0.0314. The van der Waals surface area contributed by atoms with E-state index >= 15 is 0 Å². The Morgan fingerprint density at radius 3 is 2.79 bits per heavy atom. The molecule has 0 atom stereocenters. The summed E-state index contributed by atoms with van der Waals surface area (Å²) in [6.45, 7) is 0.178. The van der Waals surface area contributed by atoms with Gasteiger partial charge in [0, 0.05) is 18.2 Å². The fourth-order valence-electron chi connectivity index (χ4n) is 1.79. The molecule has 1 aromatic carbocycles. The minimum Gasteiger partial charge on any atom is -0.352 e. The molecule has 0 radical (unpaired) electrons. The molecule has 0 unspecified atom stereocenters. The second-order valence-corrected chi connectivity index (χ2v) is 5.69. The first-order valence-electron chi connectivity index (χ1n) is 6.07. The average Bonchev–Trinajstić information content (AvgIpc) is 3.13. The Kier molecular flexibility index (Phi) is 4.52. The van der Waals surface area contributed by atoms with Gasteiger partial charge in [-0.15, -0.1) is 0 Å². The van der Waals surface area contributed by atoms with Gasteiger partial charge in [0.25, 0.3) is 0 Å². The van der Waals surface area contributed by atoms with Crippen LogP contribution in [0.25, 0.3) is 0 Å². The normalized spacial score (nSPS) is 14.8. The lowest BCUT2D eigenvalue weighted by Gasteiger charge is -2.17. The van der Waals surface area contributed by atoms with Crippen LogP contribution in [0.2, 0.25) is 0 Å². The number of halogens is 3. The molecule has 0 aliphatic heterocycles. The zero-order chi connectivity index (χ0) is 14.0. The molecular formula is C13H15BrF2N2O. The largest absolute Gasteiger partial charge is 0.352 e. The smallest absolute Gasteiger partial charge is 0.234 e. The van der Waals surface area contributed by atoms with Crippen molar-refractivity contribution in [3.63, 3.8) is 0 Å². The van der Waals surface area contributed by atoms with Gasteiger partial charge in [-0.05, 0) is 48.0 Å². The Hall–Kier alpha value is -1.01. The molecule has 0 aromatic heterocycles. The number of benzene rings is 1. The van der Waals surface area contributed by atoms with E-state index in [-0.39, 0.29) is 29.0 Å². The molecule has 1 aromatic rings. The molecule has 0 saturated heterocycles. The second-order valence-electron chi connectivity index (χ2n) is 4.84. The monoisotopic (exact) mass is 332 g/mol. The molecule has 0 heterocycles. The molecule has 3 nitrogen and oxygen atoms in total. The van der Waals surface area contributed by atoms with E-state index in [0.29, 0.717) is 6.04 Å². The number of rotatable bonds is 5. The molecule has 1 saturated carbocycles. The van der Waals surface area contributed by atoms with E-state index in [1.54, 1.807) is 11.9 Å². The maximum atomic E-state index is 13.8. The SMILES string of the molecule is CN(CC(=O)NC1CC1)Cc1c(F)ccc(Br)c1F. The standard InChI is InChI=1S/C13H15BrF2N2O/c1-18(7-12(19)17-8-2-3-8)6-9-11(15)5-4-10(14)13(9)16/h4-5,8H,2-3,6-7H2,1H3,(H,17,19). The Balaban J connectivity index is 1.96. The van der Waals surface area contributed by atoms with E-state index in [9.17, 15) is 13.6 Å². The first-order valence-corrected chi connectivity index (χ1v) is 6.87. The summed E-state index contributed by atoms with van der Waals surface area (Å²) in [4.78, 5) is 13.2. The zero-order valence-electron chi connectivity index (χ0n) is 10.5. The van der Waals surface area contributed by atoms with Crippen LogP contribution in [0.4, 0.5) is 8.78 Å². The molecule has 0 bridgehead atoms. The third-order valence-electron chi connectivity index (χ3n) is 2.92. The maximum Gasteiger partial charge on any atom is 0.234 e. The summed E-state index contributed by atoms with van der Waals surface area (Å²) in [5.74, 6) is -1.33. The van der Waals surface area contributed by atoms with E-state index in [1.165, 1.54) is 12.1 Å². The van der Waals surface area contributed by atoms with Crippen molar-refractivity contribution in [1.82, 2.24) is 10.2 Å². The highest BCUT2D eigenvalue weighted by molar-refractivity contribution is 9.10. The molecule has 1 N–H and O–H groups in total. The van der Waals surface area contributed by atoms with Crippen LogP contribution in [0, 0.1) is 11.6 Å². The van der Waals surface area contributed by atoms with Gasteiger partial charge in [0.1, 0.15) is 11.6 Å². The van der Waals surface area contributed by atoms with Gasteiger partial charge in [0.05, 0.1) is 11.0 Å². The predicted molar refractivity (Wildman–Crippen MR) is 71.6 cm³/mol. The van der Waals surface area contributed by atoms with Gasteiger partial charge in [-0.2, -0.15) is 0 Å². The van der Waals surface area contributed by atoms with Crippen molar-refractivity contribution in [2.24, 2.45) is 0 Å². The number of hydrogen-bond acceptors (Lipinski definition) is 2. The molecule has 1 aliphatic carbocycles. The first-order chi connectivity index (χ1) is 8.97. The Bertz CT molecular complexity index is 492. The summed E-state index contributed by atoms with van der Waals surface area (Å²) in [7, 11) is 1.66. The predicted octanol–water partition coefficient (Wildman–Crippen LogP) is 2.44. The Morgan fingerprint density at radius 2 is 2.16 bits per heavy atom. The van der Waals surface area contributed by atoms with Crippen LogP contribution in [-0.2, 0) is 11.3 Å². The summed E-state index contributed by atoms with van der Waals surface area (Å²) in [5.41, 5.74) is -0.0314. The molecular weight excluding hydrogens is 318 g/mol. The summed E-state index contributed by atoms with van der Waals surface area (Å²) in [6.07, 6.45) is 2.04. The van der Waals surface area contributed by atoms with Crippen LogP contribution in [0.15, 0.2) is 16.6 Å². The fourth-order valence-corrected chi connectivity index (χ4v) is 2.16. The van der Waals surface area contributed by atoms with Gasteiger partial charge < -0.3 is 5.32 Å². The highest BCUT2D eigenvalue weighted by Gasteiger charge is 2.24. The van der Waals surface area contributed by atoms with Crippen molar-refractivity contribution in [2.75, 3.05) is 13.6 Å². The van der Waals surface area contributed by atoms with E-state index in [4.69, 9.17) is 0 Å². The molecule has 0 spiro atoms. The summed E-state index contributed by atoms with van der Waals surface area (Å²) in [6, 6.07) is 2.83. The number of nitrogens with one attached hydrogen (secondary N) is 1. The molecule has 6 heteroatoms.